The Balaban J connectivity index is 2.02. The molecule has 0 aliphatic carbocycles. The van der Waals surface area contributed by atoms with E-state index in [1.165, 1.54) is 10.8 Å². The number of hydrogen-bond acceptors (Lipinski definition) is 2. The lowest BCUT2D eigenvalue weighted by molar-refractivity contribution is -0.149. The largest absolute Gasteiger partial charge is 0.465 e. The summed E-state index contributed by atoms with van der Waals surface area (Å²) < 4.78 is 5.12. The third kappa shape index (κ3) is 1.91. The van der Waals surface area contributed by atoms with E-state index in [0.717, 1.165) is 18.4 Å². The van der Waals surface area contributed by atoms with Crippen LogP contribution in [-0.4, -0.2) is 12.6 Å². The molecule has 2 nitrogen and oxygen atoms in total. The highest BCUT2D eigenvalue weighted by molar-refractivity contribution is 5.86. The summed E-state index contributed by atoms with van der Waals surface area (Å²) in [5.41, 5.74) is 1.08. The van der Waals surface area contributed by atoms with Gasteiger partial charge in [-0.25, -0.2) is 0 Å². The van der Waals surface area contributed by atoms with Gasteiger partial charge in [-0.15, -0.1) is 0 Å². The molecule has 2 aromatic rings. The van der Waals surface area contributed by atoms with Crippen LogP contribution in [0.3, 0.4) is 0 Å². The Morgan fingerprint density at radius 2 is 1.88 bits per heavy atom. The van der Waals surface area contributed by atoms with Gasteiger partial charge in [-0.3, -0.25) is 4.79 Å². The summed E-state index contributed by atoms with van der Waals surface area (Å²) in [4.78, 5) is 11.7. The van der Waals surface area contributed by atoms with Crippen LogP contribution in [0.25, 0.3) is 10.8 Å². The van der Waals surface area contributed by atoms with E-state index in [9.17, 15) is 4.79 Å². The van der Waals surface area contributed by atoms with E-state index in [1.807, 2.05) is 18.2 Å². The molecule has 0 bridgehead atoms. The Hall–Kier alpha value is -1.83. The highest BCUT2D eigenvalue weighted by atomic mass is 16.5. The Kier molecular flexibility index (Phi) is 2.56. The zero-order valence-electron chi connectivity index (χ0n) is 9.56. The lowest BCUT2D eigenvalue weighted by Gasteiger charge is -2.21. The predicted molar refractivity (Wildman–Crippen MR) is 66.9 cm³/mol. The molecule has 2 heteroatoms. The fourth-order valence-corrected chi connectivity index (χ4v) is 2.41. The quantitative estimate of drug-likeness (QED) is 0.698. The molecular weight excluding hydrogens is 212 g/mol. The lowest BCUT2D eigenvalue weighted by atomic mass is 9.91. The number of carbonyl (C=O) groups excluding carboxylic acids is 1. The Morgan fingerprint density at radius 1 is 1.06 bits per heavy atom. The van der Waals surface area contributed by atoms with Crippen LogP contribution >= 0.6 is 0 Å². The van der Waals surface area contributed by atoms with Crippen molar-refractivity contribution in [3.05, 3.63) is 48.0 Å². The first-order chi connectivity index (χ1) is 8.34. The molecular formula is C15H14O2. The number of cyclic esters (lactones) is 1. The van der Waals surface area contributed by atoms with E-state index in [1.54, 1.807) is 0 Å². The van der Waals surface area contributed by atoms with Gasteiger partial charge in [-0.05, 0) is 29.2 Å². The average Bonchev–Trinajstić information content (AvgIpc) is 2.39. The molecule has 1 saturated heterocycles. The van der Waals surface area contributed by atoms with Crippen molar-refractivity contribution in [2.24, 2.45) is 0 Å². The van der Waals surface area contributed by atoms with Crippen LogP contribution in [0.1, 0.15) is 24.3 Å². The molecule has 1 heterocycles. The predicted octanol–water partition coefficient (Wildman–Crippen LogP) is 3.26. The SMILES string of the molecule is O=C1OCCCC1c1ccc2ccccc2c1. The maximum Gasteiger partial charge on any atom is 0.313 e. The molecule has 17 heavy (non-hydrogen) atoms. The summed E-state index contributed by atoms with van der Waals surface area (Å²) in [6, 6.07) is 14.4. The van der Waals surface area contributed by atoms with Crippen LogP contribution in [0, 0.1) is 0 Å². The van der Waals surface area contributed by atoms with E-state index >= 15 is 0 Å². The highest BCUT2D eigenvalue weighted by Gasteiger charge is 2.25. The first-order valence-corrected chi connectivity index (χ1v) is 6.00. The summed E-state index contributed by atoms with van der Waals surface area (Å²) in [5, 5.41) is 2.39. The topological polar surface area (TPSA) is 26.3 Å². The Labute approximate surface area is 100 Å². The molecule has 0 spiro atoms. The minimum absolute atomic E-state index is 0.0756. The number of ether oxygens (including phenoxy) is 1. The highest BCUT2D eigenvalue weighted by Crippen LogP contribution is 2.28. The van der Waals surface area contributed by atoms with Gasteiger partial charge in [0.05, 0.1) is 12.5 Å². The fraction of sp³-hybridized carbons (Fsp3) is 0.267. The zero-order valence-corrected chi connectivity index (χ0v) is 9.56. The third-order valence-corrected chi connectivity index (χ3v) is 3.34. The Morgan fingerprint density at radius 3 is 2.71 bits per heavy atom. The van der Waals surface area contributed by atoms with Gasteiger partial charge in [0.1, 0.15) is 0 Å². The van der Waals surface area contributed by atoms with Crippen LogP contribution < -0.4 is 0 Å². The molecule has 1 unspecified atom stereocenters. The van der Waals surface area contributed by atoms with Crippen molar-refractivity contribution in [1.82, 2.24) is 0 Å². The molecule has 2 aromatic carbocycles. The van der Waals surface area contributed by atoms with E-state index in [2.05, 4.69) is 24.3 Å². The minimum Gasteiger partial charge on any atom is -0.465 e. The second-order valence-corrected chi connectivity index (χ2v) is 4.47. The van der Waals surface area contributed by atoms with Crippen molar-refractivity contribution >= 4 is 16.7 Å². The van der Waals surface area contributed by atoms with Gasteiger partial charge >= 0.3 is 5.97 Å². The van der Waals surface area contributed by atoms with Crippen molar-refractivity contribution in [2.45, 2.75) is 18.8 Å². The second-order valence-electron chi connectivity index (χ2n) is 4.47. The summed E-state index contributed by atoms with van der Waals surface area (Å²) >= 11 is 0. The van der Waals surface area contributed by atoms with Crippen LogP contribution in [0.15, 0.2) is 42.5 Å². The number of carbonyl (C=O) groups is 1. The number of benzene rings is 2. The minimum atomic E-state index is -0.0773. The maximum atomic E-state index is 11.7. The first kappa shape index (κ1) is 10.3. The van der Waals surface area contributed by atoms with Crippen molar-refractivity contribution < 1.29 is 9.53 Å². The number of hydrogen-bond donors (Lipinski definition) is 0. The average molecular weight is 226 g/mol. The molecule has 0 aromatic heterocycles. The van der Waals surface area contributed by atoms with Gasteiger partial charge in [0.25, 0.3) is 0 Å². The van der Waals surface area contributed by atoms with Gasteiger partial charge in [-0.1, -0.05) is 42.5 Å². The molecule has 1 atom stereocenters. The van der Waals surface area contributed by atoms with Gasteiger partial charge in [-0.2, -0.15) is 0 Å². The third-order valence-electron chi connectivity index (χ3n) is 3.34. The Bertz CT molecular complexity index is 560. The molecule has 1 fully saturated rings. The van der Waals surface area contributed by atoms with Gasteiger partial charge in [0, 0.05) is 0 Å². The van der Waals surface area contributed by atoms with Gasteiger partial charge < -0.3 is 4.74 Å². The normalized spacial score (nSPS) is 20.2. The van der Waals surface area contributed by atoms with Crippen LogP contribution in [0.4, 0.5) is 0 Å². The van der Waals surface area contributed by atoms with Crippen molar-refractivity contribution in [2.75, 3.05) is 6.61 Å². The standard InChI is InChI=1S/C15H14O2/c16-15-14(6-3-9-17-15)13-8-7-11-4-1-2-5-12(11)10-13/h1-2,4-5,7-8,10,14H,3,6,9H2. The number of fused-ring (bicyclic) bond motifs is 1. The van der Waals surface area contributed by atoms with Gasteiger partial charge in [0.15, 0.2) is 0 Å². The molecule has 86 valence electrons. The van der Waals surface area contributed by atoms with Crippen molar-refractivity contribution in [3.8, 4) is 0 Å². The molecule has 0 amide bonds. The molecule has 0 radical (unpaired) electrons. The molecule has 1 aliphatic rings. The lowest BCUT2D eigenvalue weighted by Crippen LogP contribution is -2.22. The molecule has 1 aliphatic heterocycles. The monoisotopic (exact) mass is 226 g/mol. The smallest absolute Gasteiger partial charge is 0.313 e. The van der Waals surface area contributed by atoms with Crippen molar-refractivity contribution in [1.29, 1.82) is 0 Å². The van der Waals surface area contributed by atoms with Crippen LogP contribution in [0.2, 0.25) is 0 Å². The number of esters is 1. The number of rotatable bonds is 1. The first-order valence-electron chi connectivity index (χ1n) is 6.00. The second kappa shape index (κ2) is 4.21. The summed E-state index contributed by atoms with van der Waals surface area (Å²) in [5.74, 6) is -0.153. The van der Waals surface area contributed by atoms with Crippen molar-refractivity contribution in [3.63, 3.8) is 0 Å². The van der Waals surface area contributed by atoms with E-state index in [0.29, 0.717) is 6.61 Å². The molecule has 0 N–H and O–H groups in total. The summed E-state index contributed by atoms with van der Waals surface area (Å²) in [7, 11) is 0. The summed E-state index contributed by atoms with van der Waals surface area (Å²) in [6.45, 7) is 0.572. The fourth-order valence-electron chi connectivity index (χ4n) is 2.41. The summed E-state index contributed by atoms with van der Waals surface area (Å²) in [6.07, 6.45) is 1.86. The van der Waals surface area contributed by atoms with E-state index in [-0.39, 0.29) is 11.9 Å². The van der Waals surface area contributed by atoms with E-state index in [4.69, 9.17) is 4.74 Å². The zero-order chi connectivity index (χ0) is 11.7. The van der Waals surface area contributed by atoms with Crippen LogP contribution in [0.5, 0.6) is 0 Å². The van der Waals surface area contributed by atoms with E-state index < -0.39 is 0 Å². The van der Waals surface area contributed by atoms with Gasteiger partial charge in [0.2, 0.25) is 0 Å². The van der Waals surface area contributed by atoms with Crippen LogP contribution in [-0.2, 0) is 9.53 Å². The molecule has 3 rings (SSSR count). The molecule has 0 saturated carbocycles. The maximum absolute atomic E-state index is 11.7.